The molecule has 2 bridgehead atoms. The number of hydrogen-bond acceptors (Lipinski definition) is 5. The highest BCUT2D eigenvalue weighted by molar-refractivity contribution is 5.85. The maximum atomic E-state index is 12.7. The molecule has 2 unspecified atom stereocenters. The van der Waals surface area contributed by atoms with Crippen molar-refractivity contribution in [1.29, 1.82) is 0 Å². The fraction of sp³-hybridized carbons (Fsp3) is 0.667. The molecular formula is C18H29Cl2N5O. The molecular weight excluding hydrogens is 373 g/mol. The van der Waals surface area contributed by atoms with E-state index in [-0.39, 0.29) is 24.8 Å². The van der Waals surface area contributed by atoms with Gasteiger partial charge in [-0.25, -0.2) is 4.98 Å². The highest BCUT2D eigenvalue weighted by atomic mass is 35.5. The van der Waals surface area contributed by atoms with Gasteiger partial charge in [0.05, 0.1) is 6.54 Å². The van der Waals surface area contributed by atoms with Crippen LogP contribution in [0.2, 0.25) is 0 Å². The second kappa shape index (κ2) is 9.74. The zero-order chi connectivity index (χ0) is 16.4. The van der Waals surface area contributed by atoms with Crippen LogP contribution in [0.15, 0.2) is 24.4 Å². The summed E-state index contributed by atoms with van der Waals surface area (Å²) >= 11 is 0. The number of nitrogens with one attached hydrogen (secondary N) is 1. The molecule has 3 fully saturated rings. The molecule has 1 N–H and O–H groups in total. The molecule has 3 aliphatic rings. The average Bonchev–Trinajstić information content (AvgIpc) is 2.95. The van der Waals surface area contributed by atoms with Crippen LogP contribution in [0.25, 0.3) is 0 Å². The number of pyridine rings is 1. The number of anilines is 1. The van der Waals surface area contributed by atoms with Gasteiger partial charge in [-0.15, -0.1) is 24.8 Å². The molecule has 26 heavy (non-hydrogen) atoms. The normalized spacial score (nSPS) is 25.8. The van der Waals surface area contributed by atoms with E-state index in [1.54, 1.807) is 0 Å². The number of carbonyl (C=O) groups is 1. The Hall–Kier alpha value is -1.08. The Labute approximate surface area is 168 Å². The van der Waals surface area contributed by atoms with E-state index in [1.807, 2.05) is 18.3 Å². The summed E-state index contributed by atoms with van der Waals surface area (Å²) < 4.78 is 0. The SMILES string of the molecule is Cl.Cl.O=C(CN1CCN(c2ccccn2)CC1)N1CCC2CCC(C1)N2. The highest BCUT2D eigenvalue weighted by Gasteiger charge is 2.31. The summed E-state index contributed by atoms with van der Waals surface area (Å²) in [7, 11) is 0. The lowest BCUT2D eigenvalue weighted by Crippen LogP contribution is -2.51. The van der Waals surface area contributed by atoms with Crippen molar-refractivity contribution in [2.24, 2.45) is 0 Å². The van der Waals surface area contributed by atoms with Crippen LogP contribution in [0.1, 0.15) is 19.3 Å². The zero-order valence-electron chi connectivity index (χ0n) is 15.0. The van der Waals surface area contributed by atoms with Crippen molar-refractivity contribution in [1.82, 2.24) is 20.1 Å². The molecule has 1 aromatic rings. The molecule has 8 heteroatoms. The number of amides is 1. The fourth-order valence-corrected chi connectivity index (χ4v) is 4.14. The number of aromatic nitrogens is 1. The lowest BCUT2D eigenvalue weighted by atomic mass is 10.1. The third-order valence-corrected chi connectivity index (χ3v) is 5.58. The summed E-state index contributed by atoms with van der Waals surface area (Å²) in [6, 6.07) is 7.18. The quantitative estimate of drug-likeness (QED) is 0.829. The Kier molecular flexibility index (Phi) is 7.95. The predicted molar refractivity (Wildman–Crippen MR) is 109 cm³/mol. The molecule has 146 valence electrons. The Morgan fingerprint density at radius 3 is 2.54 bits per heavy atom. The number of rotatable bonds is 3. The molecule has 4 rings (SSSR count). The van der Waals surface area contributed by atoms with Crippen LogP contribution in [0.4, 0.5) is 5.82 Å². The van der Waals surface area contributed by atoms with Crippen molar-refractivity contribution in [3.8, 4) is 0 Å². The number of carbonyl (C=O) groups excluding carboxylic acids is 1. The molecule has 0 saturated carbocycles. The minimum atomic E-state index is 0. The largest absolute Gasteiger partial charge is 0.354 e. The van der Waals surface area contributed by atoms with Crippen LogP contribution in [0.3, 0.4) is 0 Å². The number of likely N-dealkylation sites (tertiary alicyclic amines) is 1. The first-order chi connectivity index (χ1) is 11.8. The van der Waals surface area contributed by atoms with Gasteiger partial charge in [0.15, 0.2) is 0 Å². The molecule has 6 nitrogen and oxygen atoms in total. The molecule has 2 atom stereocenters. The highest BCUT2D eigenvalue weighted by Crippen LogP contribution is 2.20. The Balaban J connectivity index is 0.00000121. The molecule has 0 spiro atoms. The first kappa shape index (κ1) is 21.2. The van der Waals surface area contributed by atoms with Crippen molar-refractivity contribution in [2.45, 2.75) is 31.3 Å². The van der Waals surface area contributed by atoms with Crippen LogP contribution < -0.4 is 10.2 Å². The second-order valence-electron chi connectivity index (χ2n) is 7.22. The van der Waals surface area contributed by atoms with Gasteiger partial charge in [-0.1, -0.05) is 6.07 Å². The van der Waals surface area contributed by atoms with E-state index >= 15 is 0 Å². The Bertz CT molecular complexity index is 568. The van der Waals surface area contributed by atoms with E-state index in [4.69, 9.17) is 0 Å². The van der Waals surface area contributed by atoms with Crippen LogP contribution in [0, 0.1) is 0 Å². The number of hydrogen-bond donors (Lipinski definition) is 1. The average molecular weight is 402 g/mol. The molecule has 1 aromatic heterocycles. The van der Waals surface area contributed by atoms with Gasteiger partial charge >= 0.3 is 0 Å². The van der Waals surface area contributed by atoms with Gasteiger partial charge in [0, 0.05) is 57.5 Å². The van der Waals surface area contributed by atoms with E-state index in [9.17, 15) is 4.79 Å². The van der Waals surface area contributed by atoms with Crippen molar-refractivity contribution in [3.05, 3.63) is 24.4 Å². The zero-order valence-corrected chi connectivity index (χ0v) is 16.7. The van der Waals surface area contributed by atoms with Crippen molar-refractivity contribution in [3.63, 3.8) is 0 Å². The Morgan fingerprint density at radius 2 is 1.81 bits per heavy atom. The topological polar surface area (TPSA) is 51.7 Å². The van der Waals surface area contributed by atoms with E-state index in [0.29, 0.717) is 24.5 Å². The molecule has 3 saturated heterocycles. The smallest absolute Gasteiger partial charge is 0.236 e. The lowest BCUT2D eigenvalue weighted by Gasteiger charge is -2.36. The van der Waals surface area contributed by atoms with Gasteiger partial charge in [0.2, 0.25) is 5.91 Å². The molecule has 0 aromatic carbocycles. The summed E-state index contributed by atoms with van der Waals surface area (Å²) in [5.74, 6) is 1.34. The van der Waals surface area contributed by atoms with Crippen molar-refractivity contribution < 1.29 is 4.79 Å². The lowest BCUT2D eigenvalue weighted by molar-refractivity contribution is -0.132. The number of halogens is 2. The third-order valence-electron chi connectivity index (χ3n) is 5.58. The summed E-state index contributed by atoms with van der Waals surface area (Å²) in [6.45, 7) is 6.12. The van der Waals surface area contributed by atoms with E-state index in [1.165, 1.54) is 12.8 Å². The molecule has 0 aliphatic carbocycles. The van der Waals surface area contributed by atoms with Gasteiger partial charge in [0.1, 0.15) is 5.82 Å². The maximum absolute atomic E-state index is 12.7. The summed E-state index contributed by atoms with van der Waals surface area (Å²) in [5, 5.41) is 3.64. The molecule has 1 amide bonds. The minimum absolute atomic E-state index is 0. The van der Waals surface area contributed by atoms with E-state index in [2.05, 4.69) is 31.1 Å². The number of fused-ring (bicyclic) bond motifs is 2. The van der Waals surface area contributed by atoms with Gasteiger partial charge < -0.3 is 15.1 Å². The monoisotopic (exact) mass is 401 g/mol. The van der Waals surface area contributed by atoms with E-state index in [0.717, 1.165) is 51.5 Å². The third kappa shape index (κ3) is 5.00. The number of piperazine rings is 1. The second-order valence-corrected chi connectivity index (χ2v) is 7.22. The van der Waals surface area contributed by atoms with Crippen molar-refractivity contribution in [2.75, 3.05) is 50.7 Å². The first-order valence-electron chi connectivity index (χ1n) is 9.20. The van der Waals surface area contributed by atoms with Gasteiger partial charge in [0.25, 0.3) is 0 Å². The Morgan fingerprint density at radius 1 is 1.04 bits per heavy atom. The molecule has 3 aliphatic heterocycles. The molecule has 4 heterocycles. The standard InChI is InChI=1S/C18H27N5O.2ClH/c24-18(23-8-6-15-4-5-16(13-23)20-15)14-21-9-11-22(12-10-21)17-3-1-2-7-19-17;;/h1-3,7,15-16,20H,4-6,8-14H2;2*1H. The number of nitrogens with zero attached hydrogens (tertiary/aromatic N) is 4. The van der Waals surface area contributed by atoms with Crippen LogP contribution in [-0.4, -0.2) is 78.6 Å². The predicted octanol–water partition coefficient (Wildman–Crippen LogP) is 1.40. The minimum Gasteiger partial charge on any atom is -0.354 e. The fourth-order valence-electron chi connectivity index (χ4n) is 4.14. The van der Waals surface area contributed by atoms with Crippen LogP contribution in [0.5, 0.6) is 0 Å². The van der Waals surface area contributed by atoms with Gasteiger partial charge in [-0.3, -0.25) is 9.69 Å². The van der Waals surface area contributed by atoms with Crippen LogP contribution in [-0.2, 0) is 4.79 Å². The van der Waals surface area contributed by atoms with Crippen LogP contribution >= 0.6 is 24.8 Å². The first-order valence-corrected chi connectivity index (χ1v) is 9.20. The summed E-state index contributed by atoms with van der Waals surface area (Å²) in [6.07, 6.45) is 5.45. The summed E-state index contributed by atoms with van der Waals surface area (Å²) in [4.78, 5) is 23.8. The molecule has 0 radical (unpaired) electrons. The van der Waals surface area contributed by atoms with Gasteiger partial charge in [-0.2, -0.15) is 0 Å². The summed E-state index contributed by atoms with van der Waals surface area (Å²) in [5.41, 5.74) is 0. The maximum Gasteiger partial charge on any atom is 0.236 e. The van der Waals surface area contributed by atoms with Crippen molar-refractivity contribution >= 4 is 36.5 Å². The van der Waals surface area contributed by atoms with E-state index < -0.39 is 0 Å². The van der Waals surface area contributed by atoms with Gasteiger partial charge in [-0.05, 0) is 31.4 Å².